The number of hydrogen-bond acceptors (Lipinski definition) is 4. The van der Waals surface area contributed by atoms with Crippen molar-refractivity contribution < 1.29 is 4.74 Å². The van der Waals surface area contributed by atoms with Crippen molar-refractivity contribution in [1.82, 2.24) is 9.88 Å². The van der Waals surface area contributed by atoms with Crippen LogP contribution >= 0.6 is 0 Å². The third kappa shape index (κ3) is 5.25. The Kier molecular flexibility index (Phi) is 5.74. The Balaban J connectivity index is 2.46. The number of amidine groups is 1. The predicted octanol–water partition coefficient (Wildman–Crippen LogP) is 1.22. The summed E-state index contributed by atoms with van der Waals surface area (Å²) in [6, 6.07) is 3.79. The van der Waals surface area contributed by atoms with Gasteiger partial charge in [-0.05, 0) is 38.6 Å². The van der Waals surface area contributed by atoms with Crippen LogP contribution in [0.15, 0.2) is 18.3 Å². The van der Waals surface area contributed by atoms with Gasteiger partial charge in [-0.15, -0.1) is 0 Å². The summed E-state index contributed by atoms with van der Waals surface area (Å²) in [5.41, 5.74) is 7.04. The monoisotopic (exact) mass is 250 g/mol. The zero-order valence-corrected chi connectivity index (χ0v) is 11.3. The molecule has 0 aromatic carbocycles. The molecule has 5 nitrogen and oxygen atoms in total. The first-order valence-corrected chi connectivity index (χ1v) is 6.08. The van der Waals surface area contributed by atoms with Crippen LogP contribution in [0.4, 0.5) is 0 Å². The van der Waals surface area contributed by atoms with E-state index in [0.29, 0.717) is 5.69 Å². The van der Waals surface area contributed by atoms with E-state index < -0.39 is 0 Å². The quantitative estimate of drug-likeness (QED) is 0.563. The molecule has 1 rings (SSSR count). The molecular weight excluding hydrogens is 228 g/mol. The lowest BCUT2D eigenvalue weighted by Crippen LogP contribution is -2.24. The number of nitrogen functional groups attached to an aromatic ring is 1. The molecule has 0 bridgehead atoms. The zero-order chi connectivity index (χ0) is 13.5. The SMILES string of the molecule is CC(C)OCCN(C)Cc1ccnc(C(=N)N)c1. The number of nitrogens with one attached hydrogen (secondary N) is 1. The van der Waals surface area contributed by atoms with Gasteiger partial charge in [-0.3, -0.25) is 15.3 Å². The molecule has 0 aliphatic carbocycles. The molecular formula is C13H22N4O. The molecule has 0 fully saturated rings. The van der Waals surface area contributed by atoms with E-state index in [-0.39, 0.29) is 11.9 Å². The van der Waals surface area contributed by atoms with Crippen molar-refractivity contribution in [2.24, 2.45) is 5.73 Å². The van der Waals surface area contributed by atoms with Crippen LogP contribution in [-0.2, 0) is 11.3 Å². The largest absolute Gasteiger partial charge is 0.382 e. The maximum atomic E-state index is 7.35. The number of likely N-dealkylation sites (N-methyl/N-ethyl adjacent to an activating group) is 1. The van der Waals surface area contributed by atoms with E-state index in [4.69, 9.17) is 15.9 Å². The van der Waals surface area contributed by atoms with Gasteiger partial charge in [0, 0.05) is 19.3 Å². The number of pyridine rings is 1. The molecule has 3 N–H and O–H groups in total. The van der Waals surface area contributed by atoms with Crippen LogP contribution in [0.1, 0.15) is 25.1 Å². The number of aromatic nitrogens is 1. The number of nitrogens with two attached hydrogens (primary N) is 1. The Morgan fingerprint density at radius 3 is 2.89 bits per heavy atom. The summed E-state index contributed by atoms with van der Waals surface area (Å²) in [5.74, 6) is 0.00245. The minimum Gasteiger partial charge on any atom is -0.382 e. The van der Waals surface area contributed by atoms with Gasteiger partial charge >= 0.3 is 0 Å². The van der Waals surface area contributed by atoms with Gasteiger partial charge in [-0.1, -0.05) is 0 Å². The second-order valence-corrected chi connectivity index (χ2v) is 4.62. The smallest absolute Gasteiger partial charge is 0.141 e. The van der Waals surface area contributed by atoms with Gasteiger partial charge in [0.2, 0.25) is 0 Å². The van der Waals surface area contributed by atoms with E-state index in [0.717, 1.165) is 25.3 Å². The zero-order valence-electron chi connectivity index (χ0n) is 11.3. The fourth-order valence-corrected chi connectivity index (χ4v) is 1.55. The van der Waals surface area contributed by atoms with Gasteiger partial charge in [0.25, 0.3) is 0 Å². The number of nitrogens with zero attached hydrogens (tertiary/aromatic N) is 2. The molecule has 1 aromatic rings. The van der Waals surface area contributed by atoms with Crippen LogP contribution in [0, 0.1) is 5.41 Å². The highest BCUT2D eigenvalue weighted by Crippen LogP contribution is 2.04. The van der Waals surface area contributed by atoms with E-state index in [2.05, 4.69) is 9.88 Å². The van der Waals surface area contributed by atoms with Crippen LogP contribution in [0.2, 0.25) is 0 Å². The van der Waals surface area contributed by atoms with Crippen molar-refractivity contribution in [3.05, 3.63) is 29.6 Å². The van der Waals surface area contributed by atoms with Crippen molar-refractivity contribution in [3.8, 4) is 0 Å². The molecule has 0 amide bonds. The minimum atomic E-state index is 0.00245. The molecule has 0 radical (unpaired) electrons. The van der Waals surface area contributed by atoms with Gasteiger partial charge in [-0.2, -0.15) is 0 Å². The van der Waals surface area contributed by atoms with Crippen LogP contribution in [-0.4, -0.2) is 42.0 Å². The van der Waals surface area contributed by atoms with E-state index in [9.17, 15) is 0 Å². The maximum Gasteiger partial charge on any atom is 0.141 e. The normalized spacial score (nSPS) is 11.2. The first kappa shape index (κ1) is 14.6. The summed E-state index contributed by atoms with van der Waals surface area (Å²) >= 11 is 0. The molecule has 0 spiro atoms. The molecule has 100 valence electrons. The lowest BCUT2D eigenvalue weighted by molar-refractivity contribution is 0.0627. The summed E-state index contributed by atoms with van der Waals surface area (Å²) < 4.78 is 5.50. The van der Waals surface area contributed by atoms with Crippen LogP contribution in [0.25, 0.3) is 0 Å². The molecule has 5 heteroatoms. The van der Waals surface area contributed by atoms with E-state index >= 15 is 0 Å². The third-order valence-electron chi connectivity index (χ3n) is 2.48. The van der Waals surface area contributed by atoms with Gasteiger partial charge in [-0.25, -0.2) is 0 Å². The predicted molar refractivity (Wildman–Crippen MR) is 72.7 cm³/mol. The van der Waals surface area contributed by atoms with Gasteiger partial charge in [0.05, 0.1) is 12.7 Å². The van der Waals surface area contributed by atoms with Gasteiger partial charge in [0.1, 0.15) is 11.5 Å². The second kappa shape index (κ2) is 7.08. The van der Waals surface area contributed by atoms with Crippen molar-refractivity contribution in [3.63, 3.8) is 0 Å². The fraction of sp³-hybridized carbons (Fsp3) is 0.538. The Bertz CT molecular complexity index is 392. The molecule has 0 saturated heterocycles. The van der Waals surface area contributed by atoms with Crippen molar-refractivity contribution in [2.45, 2.75) is 26.5 Å². The molecule has 18 heavy (non-hydrogen) atoms. The Morgan fingerprint density at radius 2 is 2.28 bits per heavy atom. The average molecular weight is 250 g/mol. The minimum absolute atomic E-state index is 0.00245. The number of rotatable bonds is 7. The molecule has 0 saturated carbocycles. The lowest BCUT2D eigenvalue weighted by atomic mass is 10.2. The van der Waals surface area contributed by atoms with Crippen LogP contribution < -0.4 is 5.73 Å². The maximum absolute atomic E-state index is 7.35. The number of ether oxygens (including phenoxy) is 1. The number of hydrogen-bond donors (Lipinski definition) is 2. The summed E-state index contributed by atoms with van der Waals surface area (Å²) in [6.45, 7) is 6.45. The Morgan fingerprint density at radius 1 is 1.56 bits per heavy atom. The van der Waals surface area contributed by atoms with Crippen LogP contribution in [0.5, 0.6) is 0 Å². The topological polar surface area (TPSA) is 75.2 Å². The van der Waals surface area contributed by atoms with Crippen molar-refractivity contribution in [2.75, 3.05) is 20.2 Å². The first-order chi connectivity index (χ1) is 8.49. The highest BCUT2D eigenvalue weighted by atomic mass is 16.5. The molecule has 0 unspecified atom stereocenters. The third-order valence-corrected chi connectivity index (χ3v) is 2.48. The summed E-state index contributed by atoms with van der Waals surface area (Å²) in [5, 5.41) is 7.35. The van der Waals surface area contributed by atoms with Gasteiger partial charge in [0.15, 0.2) is 0 Å². The standard InChI is InChI=1S/C13H22N4O/c1-10(2)18-7-6-17(3)9-11-4-5-16-12(8-11)13(14)15/h4-5,8,10H,6-7,9H2,1-3H3,(H3,14,15). The average Bonchev–Trinajstić information content (AvgIpc) is 2.28. The van der Waals surface area contributed by atoms with Crippen molar-refractivity contribution in [1.29, 1.82) is 5.41 Å². The molecule has 1 heterocycles. The molecule has 0 aliphatic rings. The summed E-state index contributed by atoms with van der Waals surface area (Å²) in [6.07, 6.45) is 1.95. The molecule has 1 aromatic heterocycles. The van der Waals surface area contributed by atoms with E-state index in [1.54, 1.807) is 6.20 Å². The Hall–Kier alpha value is -1.46. The highest BCUT2D eigenvalue weighted by Gasteiger charge is 2.04. The fourth-order valence-electron chi connectivity index (χ4n) is 1.55. The second-order valence-electron chi connectivity index (χ2n) is 4.62. The first-order valence-electron chi connectivity index (χ1n) is 6.08. The summed E-state index contributed by atoms with van der Waals surface area (Å²) in [7, 11) is 2.04. The molecule has 0 aliphatic heterocycles. The Labute approximate surface area is 108 Å². The lowest BCUT2D eigenvalue weighted by Gasteiger charge is -2.17. The van der Waals surface area contributed by atoms with Crippen LogP contribution in [0.3, 0.4) is 0 Å². The van der Waals surface area contributed by atoms with E-state index in [1.807, 2.05) is 33.0 Å². The van der Waals surface area contributed by atoms with Crippen molar-refractivity contribution >= 4 is 5.84 Å². The van der Waals surface area contributed by atoms with E-state index in [1.165, 1.54) is 0 Å². The summed E-state index contributed by atoms with van der Waals surface area (Å²) in [4.78, 5) is 6.21. The highest BCUT2D eigenvalue weighted by molar-refractivity contribution is 5.93. The van der Waals surface area contributed by atoms with Gasteiger partial charge < -0.3 is 10.5 Å². The molecule has 0 atom stereocenters.